The Morgan fingerprint density at radius 2 is 0.706 bits per heavy atom. The first kappa shape index (κ1) is 48.2. The fourth-order valence-electron chi connectivity index (χ4n) is 3.25. The largest absolute Gasteiger partial charge is 0.460 e. The molecule has 0 bridgehead atoms. The van der Waals surface area contributed by atoms with E-state index in [-0.39, 0.29) is 0 Å². The molecular formula is C20H9F29O2. The van der Waals surface area contributed by atoms with Crippen LogP contribution in [0.5, 0.6) is 0 Å². The molecule has 0 N–H and O–H groups in total. The highest BCUT2D eigenvalue weighted by Gasteiger charge is 2.96. The Kier molecular flexibility index (Phi) is 12.0. The van der Waals surface area contributed by atoms with Crippen molar-refractivity contribution in [1.29, 1.82) is 0 Å². The normalized spacial score (nSPS) is 17.4. The van der Waals surface area contributed by atoms with Gasteiger partial charge in [0, 0.05) is 6.08 Å². The van der Waals surface area contributed by atoms with Gasteiger partial charge in [-0.1, -0.05) is 13.5 Å². The molecule has 2 unspecified atom stereocenters. The maximum Gasteiger partial charge on any atom is 0.460 e. The zero-order valence-electron chi connectivity index (χ0n) is 22.8. The molecule has 51 heavy (non-hydrogen) atoms. The van der Waals surface area contributed by atoms with Crippen LogP contribution in [0.1, 0.15) is 6.92 Å². The predicted molar refractivity (Wildman–Crippen MR) is 101 cm³/mol. The molecule has 0 saturated heterocycles. The lowest BCUT2D eigenvalue weighted by Crippen LogP contribution is -2.76. The Hall–Kier alpha value is -2.82. The molecule has 0 aliphatic rings. The van der Waals surface area contributed by atoms with E-state index in [9.17, 15) is 132 Å². The molecule has 0 heterocycles. The lowest BCUT2D eigenvalue weighted by Gasteiger charge is -2.46. The highest BCUT2D eigenvalue weighted by molar-refractivity contribution is 5.81. The van der Waals surface area contributed by atoms with Crippen molar-refractivity contribution < 1.29 is 137 Å². The Balaban J connectivity index is 7.75. The van der Waals surface area contributed by atoms with Crippen LogP contribution in [0.4, 0.5) is 127 Å². The van der Waals surface area contributed by atoms with Gasteiger partial charge < -0.3 is 4.74 Å². The zero-order chi connectivity index (χ0) is 42.2. The van der Waals surface area contributed by atoms with E-state index in [1.54, 1.807) is 0 Å². The fourth-order valence-corrected chi connectivity index (χ4v) is 3.25. The lowest BCUT2D eigenvalue weighted by atomic mass is 9.80. The van der Waals surface area contributed by atoms with Crippen molar-refractivity contribution in [2.75, 3.05) is 0 Å². The summed E-state index contributed by atoms with van der Waals surface area (Å²) in [7, 11) is 0. The molecule has 2 nitrogen and oxygen atoms in total. The number of halogens is 29. The topological polar surface area (TPSA) is 26.3 Å². The summed E-state index contributed by atoms with van der Waals surface area (Å²) in [6, 6.07) is 0. The number of hydrogen-bond acceptors (Lipinski definition) is 2. The zero-order valence-corrected chi connectivity index (χ0v) is 22.8. The molecule has 304 valence electrons. The van der Waals surface area contributed by atoms with E-state index in [1.165, 1.54) is 0 Å². The number of carbonyl (C=O) groups is 1. The number of hydrogen-bond donors (Lipinski definition) is 0. The number of esters is 1. The molecule has 0 fully saturated rings. The number of ether oxygens (including phenoxy) is 1. The Morgan fingerprint density at radius 1 is 0.451 bits per heavy atom. The van der Waals surface area contributed by atoms with E-state index < -0.39 is 115 Å². The van der Waals surface area contributed by atoms with Gasteiger partial charge in [-0.05, 0) is 0 Å². The minimum absolute atomic E-state index is 0.825. The molecule has 0 amide bonds. The molecule has 0 rings (SSSR count). The molecule has 0 aliphatic heterocycles. The van der Waals surface area contributed by atoms with Crippen molar-refractivity contribution in [3.63, 3.8) is 0 Å². The van der Waals surface area contributed by atoms with E-state index >= 15 is 0 Å². The van der Waals surface area contributed by atoms with E-state index in [4.69, 9.17) is 0 Å². The van der Waals surface area contributed by atoms with Crippen molar-refractivity contribution in [3.05, 3.63) is 12.7 Å². The average Bonchev–Trinajstić information content (AvgIpc) is 2.93. The number of carbonyl (C=O) groups excluding carboxylic acids is 1. The molecule has 0 aromatic heterocycles. The maximum absolute atomic E-state index is 14.6. The van der Waals surface area contributed by atoms with Gasteiger partial charge in [0.15, 0.2) is 6.10 Å². The summed E-state index contributed by atoms with van der Waals surface area (Å²) in [5.74, 6) is -115. The van der Waals surface area contributed by atoms with E-state index in [0.29, 0.717) is 0 Å². The molecule has 0 saturated carbocycles. The lowest BCUT2D eigenvalue weighted by molar-refractivity contribution is -0.465. The monoisotopic (exact) mass is 832 g/mol. The predicted octanol–water partition coefficient (Wildman–Crippen LogP) is 10.2. The smallest absolute Gasteiger partial charge is 0.452 e. The Bertz CT molecular complexity index is 1270. The second-order valence-corrected chi connectivity index (χ2v) is 9.69. The van der Waals surface area contributed by atoms with Crippen LogP contribution in [-0.4, -0.2) is 95.7 Å². The third kappa shape index (κ3) is 6.25. The molecule has 31 heteroatoms. The van der Waals surface area contributed by atoms with Crippen LogP contribution in [0.2, 0.25) is 0 Å². The summed E-state index contributed by atoms with van der Waals surface area (Å²) in [5.41, 5.74) is 0. The van der Waals surface area contributed by atoms with Gasteiger partial charge in [0.05, 0.1) is 5.92 Å². The summed E-state index contributed by atoms with van der Waals surface area (Å²) < 4.78 is 396. The van der Waals surface area contributed by atoms with Crippen LogP contribution in [0.15, 0.2) is 12.7 Å². The van der Waals surface area contributed by atoms with Gasteiger partial charge in [0.25, 0.3) is 0 Å². The van der Waals surface area contributed by atoms with Crippen molar-refractivity contribution >= 4 is 5.97 Å². The van der Waals surface area contributed by atoms with Crippen molar-refractivity contribution in [1.82, 2.24) is 0 Å². The van der Waals surface area contributed by atoms with Gasteiger partial charge in [0.2, 0.25) is 0 Å². The molecule has 0 radical (unpaired) electrons. The quantitative estimate of drug-likeness (QED) is 0.0880. The van der Waals surface area contributed by atoms with Crippen LogP contribution in [0, 0.1) is 5.92 Å². The third-order valence-corrected chi connectivity index (χ3v) is 6.44. The van der Waals surface area contributed by atoms with Crippen LogP contribution < -0.4 is 0 Å². The highest BCUT2D eigenvalue weighted by atomic mass is 19.4. The molecule has 2 atom stereocenters. The van der Waals surface area contributed by atoms with Crippen LogP contribution in [0.25, 0.3) is 0 Å². The van der Waals surface area contributed by atoms with E-state index in [2.05, 4.69) is 11.3 Å². The average molecular weight is 832 g/mol. The number of alkyl halides is 29. The first-order chi connectivity index (χ1) is 21.7. The van der Waals surface area contributed by atoms with Gasteiger partial charge >= 0.3 is 89.6 Å². The van der Waals surface area contributed by atoms with Crippen LogP contribution >= 0.6 is 0 Å². The van der Waals surface area contributed by atoms with Gasteiger partial charge in [0.1, 0.15) is 0 Å². The van der Waals surface area contributed by atoms with Crippen molar-refractivity contribution in [3.8, 4) is 0 Å². The first-order valence-electron chi connectivity index (χ1n) is 11.4. The molecule has 0 aromatic carbocycles. The van der Waals surface area contributed by atoms with Gasteiger partial charge in [-0.15, -0.1) is 0 Å². The highest BCUT2D eigenvalue weighted by Crippen LogP contribution is 2.66. The van der Waals surface area contributed by atoms with Gasteiger partial charge in [-0.3, -0.25) is 0 Å². The second kappa shape index (κ2) is 12.7. The SMILES string of the molecule is C=CC(=O)OC(C(C)C(F)(F)C(F)(F)C(F)(F)C(F)(F)C(F)(F)C(F)(F)C(F)(F)C(F)(F)F)C(F)(F)C(F)(F)C(F)(F)C(F)(F)C(F)(F)C(F)F. The van der Waals surface area contributed by atoms with Crippen LogP contribution in [0.3, 0.4) is 0 Å². The Labute approximate surface area is 259 Å². The molecule has 0 aromatic rings. The second-order valence-electron chi connectivity index (χ2n) is 9.69. The Morgan fingerprint density at radius 3 is 1.00 bits per heavy atom. The molecule has 0 aliphatic carbocycles. The minimum Gasteiger partial charge on any atom is -0.452 e. The van der Waals surface area contributed by atoms with Gasteiger partial charge in [-0.2, -0.15) is 119 Å². The molecular weight excluding hydrogens is 823 g/mol. The van der Waals surface area contributed by atoms with Crippen LogP contribution in [-0.2, 0) is 9.53 Å². The summed E-state index contributed by atoms with van der Waals surface area (Å²) in [6.45, 7) is 0.551. The van der Waals surface area contributed by atoms with E-state index in [1.807, 2.05) is 0 Å². The summed E-state index contributed by atoms with van der Waals surface area (Å²) >= 11 is 0. The summed E-state index contributed by atoms with van der Waals surface area (Å²) in [5, 5.41) is 0. The maximum atomic E-state index is 14.6. The minimum atomic E-state index is -9.43. The van der Waals surface area contributed by atoms with Crippen molar-refractivity contribution in [2.45, 2.75) is 96.7 Å². The number of rotatable bonds is 16. The molecule has 0 spiro atoms. The third-order valence-electron chi connectivity index (χ3n) is 6.44. The summed E-state index contributed by atoms with van der Waals surface area (Å²) in [6.07, 6.45) is -21.4. The standard InChI is InChI=1S/C20H9F29O2/c1-3-5(50)51-6(9(25,26)12(31,32)14(35,36)13(33,34)10(27,28)7(21)22)4(2)8(23,24)11(29,30)15(37,38)16(39,40)17(41,42)18(43,44)19(45,46)20(47,48)49/h3-4,6-7H,1H2,2H3. The first-order valence-corrected chi connectivity index (χ1v) is 11.4. The van der Waals surface area contributed by atoms with Gasteiger partial charge in [-0.25, -0.2) is 13.6 Å². The summed E-state index contributed by atoms with van der Waals surface area (Å²) in [4.78, 5) is 11.2. The van der Waals surface area contributed by atoms with Crippen molar-refractivity contribution in [2.24, 2.45) is 5.92 Å². The van der Waals surface area contributed by atoms with E-state index in [0.717, 1.165) is 0 Å². The fraction of sp³-hybridized carbons (Fsp3) is 0.850.